The topological polar surface area (TPSA) is 61.4 Å². The molecule has 2 aromatic rings. The molecule has 1 fully saturated rings. The van der Waals surface area contributed by atoms with Gasteiger partial charge in [-0.25, -0.2) is 13.6 Å². The maximum Gasteiger partial charge on any atom is 0.322 e. The zero-order valence-electron chi connectivity index (χ0n) is 15.3. The molecular weight excluding hydrogens is 364 g/mol. The van der Waals surface area contributed by atoms with Crippen LogP contribution >= 0.6 is 0 Å². The van der Waals surface area contributed by atoms with Gasteiger partial charge in [-0.2, -0.15) is 0 Å². The van der Waals surface area contributed by atoms with Gasteiger partial charge in [-0.05, 0) is 55.5 Å². The molecule has 7 heteroatoms. The fraction of sp³-hybridized carbons (Fsp3) is 0.333. The number of carbonyl (C=O) groups is 2. The van der Waals surface area contributed by atoms with Crippen molar-refractivity contribution in [1.82, 2.24) is 10.2 Å². The summed E-state index contributed by atoms with van der Waals surface area (Å²) in [6, 6.07) is 8.88. The molecule has 5 nitrogen and oxygen atoms in total. The molecule has 0 bridgehead atoms. The van der Waals surface area contributed by atoms with Crippen LogP contribution in [-0.4, -0.2) is 36.0 Å². The van der Waals surface area contributed by atoms with Crippen molar-refractivity contribution >= 4 is 17.6 Å². The second-order valence-electron chi connectivity index (χ2n) is 7.21. The fourth-order valence-corrected chi connectivity index (χ4v) is 4.01. The molecule has 2 heterocycles. The normalized spacial score (nSPS) is 18.6. The first kappa shape index (κ1) is 18.4. The van der Waals surface area contributed by atoms with E-state index in [9.17, 15) is 18.4 Å². The van der Waals surface area contributed by atoms with Crippen LogP contribution in [0.4, 0.5) is 19.3 Å². The number of hydrogen-bond donors (Lipinski definition) is 2. The summed E-state index contributed by atoms with van der Waals surface area (Å²) in [6.45, 7) is 0.947. The van der Waals surface area contributed by atoms with Gasteiger partial charge >= 0.3 is 6.03 Å². The summed E-state index contributed by atoms with van der Waals surface area (Å²) in [5.74, 6) is -1.15. The van der Waals surface area contributed by atoms with Crippen molar-refractivity contribution in [3.8, 4) is 0 Å². The summed E-state index contributed by atoms with van der Waals surface area (Å²) in [5, 5.41) is 5.33. The number of nitrogens with one attached hydrogen (secondary N) is 2. The van der Waals surface area contributed by atoms with Crippen LogP contribution in [0, 0.1) is 11.6 Å². The lowest BCUT2D eigenvalue weighted by Crippen LogP contribution is -2.40. The SMILES string of the molecule is O=C1NCCc2c1ccc(NC(=O)N1CCCC1Cc1cccc(F)c1)c2F. The van der Waals surface area contributed by atoms with E-state index in [0.29, 0.717) is 37.1 Å². The third-order valence-corrected chi connectivity index (χ3v) is 5.39. The van der Waals surface area contributed by atoms with Crippen LogP contribution in [0.1, 0.15) is 34.3 Å². The van der Waals surface area contributed by atoms with Gasteiger partial charge < -0.3 is 15.5 Å². The lowest BCUT2D eigenvalue weighted by Gasteiger charge is -2.26. The highest BCUT2D eigenvalue weighted by Crippen LogP contribution is 2.27. The van der Waals surface area contributed by atoms with Crippen molar-refractivity contribution in [3.05, 3.63) is 64.7 Å². The third kappa shape index (κ3) is 3.56. The van der Waals surface area contributed by atoms with Gasteiger partial charge in [-0.1, -0.05) is 12.1 Å². The number of anilines is 1. The number of fused-ring (bicyclic) bond motifs is 1. The van der Waals surface area contributed by atoms with E-state index < -0.39 is 5.82 Å². The highest BCUT2D eigenvalue weighted by molar-refractivity contribution is 5.98. The molecule has 1 atom stereocenters. The van der Waals surface area contributed by atoms with Gasteiger partial charge in [0, 0.05) is 30.3 Å². The van der Waals surface area contributed by atoms with Crippen LogP contribution in [0.15, 0.2) is 36.4 Å². The van der Waals surface area contributed by atoms with Crippen LogP contribution in [0.5, 0.6) is 0 Å². The molecule has 2 aliphatic heterocycles. The maximum absolute atomic E-state index is 14.8. The van der Waals surface area contributed by atoms with E-state index in [0.717, 1.165) is 18.4 Å². The molecule has 2 aliphatic rings. The first-order chi connectivity index (χ1) is 13.5. The standard InChI is InChI=1S/C21H21F2N3O2/c22-14-4-1-3-13(11-14)12-15-5-2-10-26(15)21(28)25-18-7-6-17-16(19(18)23)8-9-24-20(17)27/h1,3-4,6-7,11,15H,2,5,8-10,12H2,(H,24,27)(H,25,28). The average molecular weight is 385 g/mol. The minimum Gasteiger partial charge on any atom is -0.352 e. The second kappa shape index (κ2) is 7.58. The first-order valence-electron chi connectivity index (χ1n) is 9.44. The number of benzene rings is 2. The Morgan fingerprint density at radius 1 is 1.25 bits per heavy atom. The molecule has 2 N–H and O–H groups in total. The number of hydrogen-bond acceptors (Lipinski definition) is 2. The summed E-state index contributed by atoms with van der Waals surface area (Å²) in [4.78, 5) is 26.3. The van der Waals surface area contributed by atoms with E-state index in [1.807, 2.05) is 6.07 Å². The molecule has 3 amide bonds. The Balaban J connectivity index is 1.49. The Kier molecular flexibility index (Phi) is 4.98. The van der Waals surface area contributed by atoms with Crippen LogP contribution in [0.25, 0.3) is 0 Å². The van der Waals surface area contributed by atoms with Crippen molar-refractivity contribution in [2.24, 2.45) is 0 Å². The van der Waals surface area contributed by atoms with E-state index >= 15 is 0 Å². The largest absolute Gasteiger partial charge is 0.352 e. The lowest BCUT2D eigenvalue weighted by molar-refractivity contribution is 0.0945. The molecule has 0 aliphatic carbocycles. The predicted molar refractivity (Wildman–Crippen MR) is 101 cm³/mol. The Morgan fingerprint density at radius 2 is 2.11 bits per heavy atom. The van der Waals surface area contributed by atoms with Crippen LogP contribution in [-0.2, 0) is 12.8 Å². The summed E-state index contributed by atoms with van der Waals surface area (Å²) in [6.07, 6.45) is 2.61. The summed E-state index contributed by atoms with van der Waals surface area (Å²) >= 11 is 0. The van der Waals surface area contributed by atoms with Gasteiger partial charge in [0.2, 0.25) is 0 Å². The fourth-order valence-electron chi connectivity index (χ4n) is 4.01. The van der Waals surface area contributed by atoms with Gasteiger partial charge in [0.05, 0.1) is 5.69 Å². The molecule has 0 radical (unpaired) electrons. The molecule has 4 rings (SSSR count). The molecule has 0 aromatic heterocycles. The third-order valence-electron chi connectivity index (χ3n) is 5.39. The van der Waals surface area contributed by atoms with E-state index in [1.165, 1.54) is 24.3 Å². The smallest absolute Gasteiger partial charge is 0.322 e. The highest BCUT2D eigenvalue weighted by atomic mass is 19.1. The highest BCUT2D eigenvalue weighted by Gasteiger charge is 2.30. The van der Waals surface area contributed by atoms with E-state index in [4.69, 9.17) is 0 Å². The van der Waals surface area contributed by atoms with Crippen LogP contribution in [0.2, 0.25) is 0 Å². The Bertz CT molecular complexity index is 932. The maximum atomic E-state index is 14.8. The van der Waals surface area contributed by atoms with Crippen molar-refractivity contribution < 1.29 is 18.4 Å². The molecule has 2 aromatic carbocycles. The number of likely N-dealkylation sites (tertiary alicyclic amines) is 1. The Labute approximate surface area is 161 Å². The second-order valence-corrected chi connectivity index (χ2v) is 7.21. The number of nitrogens with zero attached hydrogens (tertiary/aromatic N) is 1. The minimum atomic E-state index is -0.554. The van der Waals surface area contributed by atoms with E-state index in [2.05, 4.69) is 10.6 Å². The molecular formula is C21H21F2N3O2. The van der Waals surface area contributed by atoms with Gasteiger partial charge in [0.15, 0.2) is 5.82 Å². The quantitative estimate of drug-likeness (QED) is 0.850. The van der Waals surface area contributed by atoms with E-state index in [-0.39, 0.29) is 29.5 Å². The van der Waals surface area contributed by atoms with Crippen molar-refractivity contribution in [2.75, 3.05) is 18.4 Å². The van der Waals surface area contributed by atoms with Crippen molar-refractivity contribution in [1.29, 1.82) is 0 Å². The molecule has 146 valence electrons. The Hall–Kier alpha value is -2.96. The van der Waals surface area contributed by atoms with Crippen LogP contribution in [0.3, 0.4) is 0 Å². The van der Waals surface area contributed by atoms with Gasteiger partial charge in [0.1, 0.15) is 5.82 Å². The average Bonchev–Trinajstić information content (AvgIpc) is 3.13. The number of carbonyl (C=O) groups excluding carboxylic acids is 2. The van der Waals surface area contributed by atoms with Gasteiger partial charge in [-0.15, -0.1) is 0 Å². The van der Waals surface area contributed by atoms with Crippen molar-refractivity contribution in [2.45, 2.75) is 31.7 Å². The molecule has 28 heavy (non-hydrogen) atoms. The lowest BCUT2D eigenvalue weighted by atomic mass is 9.99. The predicted octanol–water partition coefficient (Wildman–Crippen LogP) is 3.49. The molecule has 1 saturated heterocycles. The zero-order chi connectivity index (χ0) is 19.7. The van der Waals surface area contributed by atoms with Gasteiger partial charge in [0.25, 0.3) is 5.91 Å². The Morgan fingerprint density at radius 3 is 2.93 bits per heavy atom. The number of amides is 3. The molecule has 0 saturated carbocycles. The summed E-state index contributed by atoms with van der Waals surface area (Å²) < 4.78 is 28.2. The number of halogens is 2. The summed E-state index contributed by atoms with van der Waals surface area (Å²) in [7, 11) is 0. The molecule has 0 spiro atoms. The summed E-state index contributed by atoms with van der Waals surface area (Å²) in [5.41, 5.74) is 1.55. The van der Waals surface area contributed by atoms with Crippen molar-refractivity contribution in [3.63, 3.8) is 0 Å². The monoisotopic (exact) mass is 385 g/mol. The first-order valence-corrected chi connectivity index (χ1v) is 9.44. The van der Waals surface area contributed by atoms with E-state index in [1.54, 1.807) is 11.0 Å². The van der Waals surface area contributed by atoms with Crippen LogP contribution < -0.4 is 10.6 Å². The van der Waals surface area contributed by atoms with Gasteiger partial charge in [-0.3, -0.25) is 4.79 Å². The number of rotatable bonds is 3. The minimum absolute atomic E-state index is 0.0618. The number of urea groups is 1. The zero-order valence-corrected chi connectivity index (χ0v) is 15.3. The molecule has 1 unspecified atom stereocenters.